The number of nitrogens with zero attached hydrogens (tertiary/aromatic N) is 1. The van der Waals surface area contributed by atoms with Crippen molar-refractivity contribution >= 4 is 0 Å². The van der Waals surface area contributed by atoms with Crippen LogP contribution in [-0.4, -0.2) is 11.5 Å². The Hall–Kier alpha value is -1.74. The highest BCUT2D eigenvalue weighted by Gasteiger charge is 2.16. The van der Waals surface area contributed by atoms with Gasteiger partial charge in [0.25, 0.3) is 0 Å². The van der Waals surface area contributed by atoms with E-state index in [1.165, 1.54) is 17.7 Å². The lowest BCUT2D eigenvalue weighted by Crippen LogP contribution is -2.26. The molecule has 0 fully saturated rings. The fraction of sp³-hybridized carbons (Fsp3) is 0.389. The molecule has 0 aliphatic rings. The van der Waals surface area contributed by atoms with E-state index in [4.69, 9.17) is 0 Å². The second-order valence-corrected chi connectivity index (χ2v) is 5.24. The Morgan fingerprint density at radius 1 is 1.14 bits per heavy atom. The molecule has 2 rings (SSSR count). The van der Waals surface area contributed by atoms with Crippen LogP contribution in [0.1, 0.15) is 43.1 Å². The summed E-state index contributed by atoms with van der Waals surface area (Å²) in [6.45, 7) is 5.25. The van der Waals surface area contributed by atoms with E-state index in [2.05, 4.69) is 30.2 Å². The lowest BCUT2D eigenvalue weighted by molar-refractivity contribution is 0.513. The lowest BCUT2D eigenvalue weighted by atomic mass is 9.98. The van der Waals surface area contributed by atoms with Crippen LogP contribution in [0.5, 0.6) is 0 Å². The summed E-state index contributed by atoms with van der Waals surface area (Å²) in [6, 6.07) is 11.0. The summed E-state index contributed by atoms with van der Waals surface area (Å²) in [7, 11) is 0. The zero-order chi connectivity index (χ0) is 15.1. The molecule has 0 saturated heterocycles. The molecule has 1 heterocycles. The van der Waals surface area contributed by atoms with Gasteiger partial charge in [-0.3, -0.25) is 4.98 Å². The third-order valence-electron chi connectivity index (χ3n) is 3.63. The van der Waals surface area contributed by atoms with Crippen molar-refractivity contribution in [3.8, 4) is 0 Å². The standard InChI is InChI=1S/C18H23FN2/c1-3-11-20-17(13-14-7-9-16(19)10-8-14)18-15(4-2)6-5-12-21-18/h5-10,12,17,20H,3-4,11,13H2,1-2H3. The van der Waals surface area contributed by atoms with Crippen molar-refractivity contribution in [2.75, 3.05) is 6.54 Å². The third-order valence-corrected chi connectivity index (χ3v) is 3.63. The Labute approximate surface area is 126 Å². The third kappa shape index (κ3) is 4.36. The summed E-state index contributed by atoms with van der Waals surface area (Å²) in [5, 5.41) is 3.57. The molecule has 21 heavy (non-hydrogen) atoms. The minimum absolute atomic E-state index is 0.173. The first kappa shape index (κ1) is 15.6. The molecular formula is C18H23FN2. The lowest BCUT2D eigenvalue weighted by Gasteiger charge is -2.20. The molecule has 2 nitrogen and oxygen atoms in total. The Kier molecular flexibility index (Phi) is 5.88. The van der Waals surface area contributed by atoms with Crippen LogP contribution in [0.15, 0.2) is 42.6 Å². The topological polar surface area (TPSA) is 24.9 Å². The molecule has 0 aliphatic heterocycles. The van der Waals surface area contributed by atoms with E-state index in [-0.39, 0.29) is 11.9 Å². The van der Waals surface area contributed by atoms with E-state index < -0.39 is 0 Å². The van der Waals surface area contributed by atoms with Crippen LogP contribution in [0, 0.1) is 5.82 Å². The average Bonchev–Trinajstić information content (AvgIpc) is 2.53. The number of aromatic nitrogens is 1. The molecule has 0 saturated carbocycles. The fourth-order valence-corrected chi connectivity index (χ4v) is 2.50. The summed E-state index contributed by atoms with van der Waals surface area (Å²) in [5.41, 5.74) is 3.50. The van der Waals surface area contributed by atoms with Gasteiger partial charge in [0.1, 0.15) is 5.82 Å². The van der Waals surface area contributed by atoms with Gasteiger partial charge in [0.05, 0.1) is 11.7 Å². The van der Waals surface area contributed by atoms with E-state index in [0.717, 1.165) is 37.1 Å². The first-order valence-electron chi connectivity index (χ1n) is 7.66. The fourth-order valence-electron chi connectivity index (χ4n) is 2.50. The van der Waals surface area contributed by atoms with E-state index in [1.54, 1.807) is 0 Å². The largest absolute Gasteiger partial charge is 0.308 e. The van der Waals surface area contributed by atoms with Crippen molar-refractivity contribution in [1.82, 2.24) is 10.3 Å². The van der Waals surface area contributed by atoms with Gasteiger partial charge in [-0.25, -0.2) is 4.39 Å². The number of rotatable bonds is 7. The number of pyridine rings is 1. The predicted octanol–water partition coefficient (Wildman–Crippen LogP) is 4.07. The van der Waals surface area contributed by atoms with Crippen molar-refractivity contribution in [2.24, 2.45) is 0 Å². The highest BCUT2D eigenvalue weighted by molar-refractivity contribution is 5.26. The monoisotopic (exact) mass is 286 g/mol. The zero-order valence-electron chi connectivity index (χ0n) is 12.8. The Morgan fingerprint density at radius 2 is 1.90 bits per heavy atom. The predicted molar refractivity (Wildman–Crippen MR) is 84.8 cm³/mol. The van der Waals surface area contributed by atoms with Crippen LogP contribution in [0.3, 0.4) is 0 Å². The Bertz CT molecular complexity index is 551. The van der Waals surface area contributed by atoms with E-state index in [9.17, 15) is 4.39 Å². The van der Waals surface area contributed by atoms with Crippen LogP contribution in [0.4, 0.5) is 4.39 Å². The highest BCUT2D eigenvalue weighted by atomic mass is 19.1. The normalized spacial score (nSPS) is 12.3. The van der Waals surface area contributed by atoms with Crippen LogP contribution in [0.2, 0.25) is 0 Å². The van der Waals surface area contributed by atoms with Gasteiger partial charge in [-0.05, 0) is 55.1 Å². The maximum Gasteiger partial charge on any atom is 0.123 e. The zero-order valence-corrected chi connectivity index (χ0v) is 12.8. The van der Waals surface area contributed by atoms with Gasteiger partial charge in [-0.1, -0.05) is 32.0 Å². The van der Waals surface area contributed by atoms with Crippen LogP contribution < -0.4 is 5.32 Å². The summed E-state index contributed by atoms with van der Waals surface area (Å²) < 4.78 is 13.0. The summed E-state index contributed by atoms with van der Waals surface area (Å²) in [6.07, 6.45) is 4.72. The quantitative estimate of drug-likeness (QED) is 0.830. The number of halogens is 1. The smallest absolute Gasteiger partial charge is 0.123 e. The molecule has 0 bridgehead atoms. The van der Waals surface area contributed by atoms with Gasteiger partial charge in [0.2, 0.25) is 0 Å². The molecule has 1 aromatic heterocycles. The molecule has 1 aromatic carbocycles. The first-order valence-corrected chi connectivity index (χ1v) is 7.66. The highest BCUT2D eigenvalue weighted by Crippen LogP contribution is 2.21. The number of aryl methyl sites for hydroxylation is 1. The molecule has 0 aliphatic carbocycles. The van der Waals surface area contributed by atoms with Crippen LogP contribution >= 0.6 is 0 Å². The molecule has 2 aromatic rings. The van der Waals surface area contributed by atoms with Crippen molar-refractivity contribution < 1.29 is 4.39 Å². The van der Waals surface area contributed by atoms with Crippen LogP contribution in [0.25, 0.3) is 0 Å². The van der Waals surface area contributed by atoms with Crippen LogP contribution in [-0.2, 0) is 12.8 Å². The number of hydrogen-bond donors (Lipinski definition) is 1. The van der Waals surface area contributed by atoms with Gasteiger partial charge in [-0.15, -0.1) is 0 Å². The molecule has 0 spiro atoms. The second kappa shape index (κ2) is 7.89. The maximum absolute atomic E-state index is 13.0. The summed E-state index contributed by atoms with van der Waals surface area (Å²) >= 11 is 0. The van der Waals surface area contributed by atoms with Gasteiger partial charge in [0.15, 0.2) is 0 Å². The van der Waals surface area contributed by atoms with Crippen molar-refractivity contribution in [3.63, 3.8) is 0 Å². The Morgan fingerprint density at radius 3 is 2.57 bits per heavy atom. The second-order valence-electron chi connectivity index (χ2n) is 5.24. The van der Waals surface area contributed by atoms with E-state index >= 15 is 0 Å². The first-order chi connectivity index (χ1) is 10.2. The Balaban J connectivity index is 2.23. The van der Waals surface area contributed by atoms with E-state index in [1.807, 2.05) is 24.4 Å². The van der Waals surface area contributed by atoms with Gasteiger partial charge in [0, 0.05) is 6.20 Å². The molecule has 1 atom stereocenters. The molecule has 0 radical (unpaired) electrons. The number of nitrogens with one attached hydrogen (secondary N) is 1. The van der Waals surface area contributed by atoms with Gasteiger partial charge >= 0.3 is 0 Å². The summed E-state index contributed by atoms with van der Waals surface area (Å²) in [5.74, 6) is -0.191. The van der Waals surface area contributed by atoms with Gasteiger partial charge < -0.3 is 5.32 Å². The van der Waals surface area contributed by atoms with Gasteiger partial charge in [-0.2, -0.15) is 0 Å². The number of benzene rings is 1. The molecule has 112 valence electrons. The summed E-state index contributed by atoms with van der Waals surface area (Å²) in [4.78, 5) is 4.58. The average molecular weight is 286 g/mol. The molecular weight excluding hydrogens is 263 g/mol. The molecule has 1 unspecified atom stereocenters. The maximum atomic E-state index is 13.0. The van der Waals surface area contributed by atoms with Crippen molar-refractivity contribution in [2.45, 2.75) is 39.2 Å². The molecule has 0 amide bonds. The molecule has 3 heteroatoms. The SMILES string of the molecule is CCCNC(Cc1ccc(F)cc1)c1ncccc1CC. The minimum atomic E-state index is -0.191. The van der Waals surface area contributed by atoms with Crippen molar-refractivity contribution in [3.05, 3.63) is 65.2 Å². The minimum Gasteiger partial charge on any atom is -0.308 e. The molecule has 1 N–H and O–H groups in total. The van der Waals surface area contributed by atoms with E-state index in [0.29, 0.717) is 0 Å². The number of hydrogen-bond acceptors (Lipinski definition) is 2. The van der Waals surface area contributed by atoms with Crippen molar-refractivity contribution in [1.29, 1.82) is 0 Å².